The van der Waals surface area contributed by atoms with E-state index < -0.39 is 16.5 Å². The largest absolute Gasteiger partial charge is 0.422 e. The topological polar surface area (TPSA) is 93.7 Å². The zero-order chi connectivity index (χ0) is 19.0. The Morgan fingerprint density at radius 1 is 1.19 bits per heavy atom. The minimum Gasteiger partial charge on any atom is -0.422 e. The Balaban J connectivity index is 1.71. The van der Waals surface area contributed by atoms with Crippen LogP contribution in [0, 0.1) is 10.1 Å². The third kappa shape index (κ3) is 3.19. The summed E-state index contributed by atoms with van der Waals surface area (Å²) < 4.78 is 5.27. The molecule has 0 bridgehead atoms. The van der Waals surface area contributed by atoms with Gasteiger partial charge in [-0.15, -0.1) is 11.8 Å². The van der Waals surface area contributed by atoms with E-state index in [0.29, 0.717) is 28.8 Å². The Morgan fingerprint density at radius 3 is 2.81 bits per heavy atom. The number of amides is 1. The molecule has 8 heteroatoms. The zero-order valence-electron chi connectivity index (χ0n) is 14.0. The summed E-state index contributed by atoms with van der Waals surface area (Å²) in [6, 6.07) is 14.7. The fourth-order valence-corrected chi connectivity index (χ4v) is 4.36. The van der Waals surface area contributed by atoms with Crippen LogP contribution in [0.25, 0.3) is 11.0 Å². The Labute approximate surface area is 157 Å². The molecule has 0 aliphatic carbocycles. The first-order chi connectivity index (χ1) is 13.0. The van der Waals surface area contributed by atoms with Crippen molar-refractivity contribution in [3.05, 3.63) is 86.3 Å². The van der Waals surface area contributed by atoms with Crippen molar-refractivity contribution in [2.45, 2.75) is 5.37 Å². The molecule has 4 rings (SSSR count). The summed E-state index contributed by atoms with van der Waals surface area (Å²) in [5.41, 5.74) is 0.327. The first-order valence-electron chi connectivity index (χ1n) is 8.24. The van der Waals surface area contributed by atoms with Gasteiger partial charge in [0, 0.05) is 29.8 Å². The number of benzene rings is 2. The van der Waals surface area contributed by atoms with Crippen molar-refractivity contribution in [1.82, 2.24) is 4.90 Å². The third-order valence-electron chi connectivity index (χ3n) is 4.39. The van der Waals surface area contributed by atoms with E-state index in [1.165, 1.54) is 30.0 Å². The van der Waals surface area contributed by atoms with Crippen molar-refractivity contribution in [3.63, 3.8) is 0 Å². The average Bonchev–Trinajstić information content (AvgIpc) is 3.17. The van der Waals surface area contributed by atoms with Crippen molar-refractivity contribution in [2.75, 3.05) is 12.3 Å². The molecule has 0 unspecified atom stereocenters. The highest BCUT2D eigenvalue weighted by atomic mass is 32.2. The molecule has 2 heterocycles. The molecule has 0 spiro atoms. The van der Waals surface area contributed by atoms with Gasteiger partial charge in [0.15, 0.2) is 0 Å². The molecule has 1 aromatic heterocycles. The quantitative estimate of drug-likeness (QED) is 0.390. The maximum absolute atomic E-state index is 13.0. The normalized spacial score (nSPS) is 16.6. The van der Waals surface area contributed by atoms with Crippen LogP contribution in [-0.4, -0.2) is 28.0 Å². The van der Waals surface area contributed by atoms with Crippen molar-refractivity contribution < 1.29 is 14.1 Å². The highest BCUT2D eigenvalue weighted by molar-refractivity contribution is 7.99. The Bertz CT molecular complexity index is 1110. The summed E-state index contributed by atoms with van der Waals surface area (Å²) >= 11 is 1.51. The first kappa shape index (κ1) is 17.3. The number of para-hydroxylation sites is 1. The maximum atomic E-state index is 13.0. The van der Waals surface area contributed by atoms with Gasteiger partial charge >= 0.3 is 5.63 Å². The van der Waals surface area contributed by atoms with E-state index in [9.17, 15) is 19.7 Å². The number of non-ortho nitro benzene ring substituents is 1. The fraction of sp³-hybridized carbons (Fsp3) is 0.158. The molecule has 2 aromatic carbocycles. The minimum absolute atomic E-state index is 0.0300. The third-order valence-corrected chi connectivity index (χ3v) is 5.65. The minimum atomic E-state index is -0.687. The molecule has 136 valence electrons. The van der Waals surface area contributed by atoms with Gasteiger partial charge in [-0.05, 0) is 17.7 Å². The zero-order valence-corrected chi connectivity index (χ0v) is 14.8. The molecule has 0 N–H and O–H groups in total. The van der Waals surface area contributed by atoms with Crippen LogP contribution in [0.15, 0.2) is 63.8 Å². The molecular weight excluding hydrogens is 368 g/mol. The Hall–Kier alpha value is -3.13. The number of carbonyl (C=O) groups excluding carboxylic acids is 1. The number of nitro groups is 1. The van der Waals surface area contributed by atoms with Crippen LogP contribution in [0.3, 0.4) is 0 Å². The van der Waals surface area contributed by atoms with Crippen LogP contribution in [0.1, 0.15) is 21.3 Å². The van der Waals surface area contributed by atoms with Crippen LogP contribution in [0.2, 0.25) is 0 Å². The lowest BCUT2D eigenvalue weighted by molar-refractivity contribution is -0.384. The van der Waals surface area contributed by atoms with E-state index in [2.05, 4.69) is 0 Å². The van der Waals surface area contributed by atoms with Crippen LogP contribution in [0.4, 0.5) is 5.69 Å². The van der Waals surface area contributed by atoms with Gasteiger partial charge in [-0.2, -0.15) is 0 Å². The van der Waals surface area contributed by atoms with E-state index in [4.69, 9.17) is 4.42 Å². The summed E-state index contributed by atoms with van der Waals surface area (Å²) in [6.07, 6.45) is 0. The molecule has 1 aliphatic rings. The van der Waals surface area contributed by atoms with Gasteiger partial charge in [0.25, 0.3) is 11.6 Å². The van der Waals surface area contributed by atoms with Gasteiger partial charge < -0.3 is 9.32 Å². The second-order valence-corrected chi connectivity index (χ2v) is 7.25. The van der Waals surface area contributed by atoms with E-state index in [1.807, 2.05) is 0 Å². The number of hydrogen-bond donors (Lipinski definition) is 0. The molecule has 1 saturated heterocycles. The first-order valence-corrected chi connectivity index (χ1v) is 9.29. The van der Waals surface area contributed by atoms with E-state index in [-0.39, 0.29) is 16.6 Å². The molecule has 1 amide bonds. The van der Waals surface area contributed by atoms with E-state index >= 15 is 0 Å². The molecule has 0 saturated carbocycles. The smallest absolute Gasteiger partial charge is 0.349 e. The molecule has 1 fully saturated rings. The summed E-state index contributed by atoms with van der Waals surface area (Å²) in [5, 5.41) is 11.3. The Morgan fingerprint density at radius 2 is 2.00 bits per heavy atom. The van der Waals surface area contributed by atoms with Gasteiger partial charge in [-0.3, -0.25) is 14.9 Å². The Kier molecular flexibility index (Phi) is 4.41. The summed E-state index contributed by atoms with van der Waals surface area (Å²) in [4.78, 5) is 37.5. The van der Waals surface area contributed by atoms with Crippen molar-refractivity contribution in [3.8, 4) is 0 Å². The lowest BCUT2D eigenvalue weighted by atomic mass is 10.1. The monoisotopic (exact) mass is 382 g/mol. The lowest BCUT2D eigenvalue weighted by Gasteiger charge is -2.23. The maximum Gasteiger partial charge on any atom is 0.349 e. The van der Waals surface area contributed by atoms with Gasteiger partial charge in [-0.1, -0.05) is 30.3 Å². The second kappa shape index (κ2) is 6.88. The molecular formula is C19H14N2O5S. The second-order valence-electron chi connectivity index (χ2n) is 6.06. The number of carbonyl (C=O) groups is 1. The van der Waals surface area contributed by atoms with Crippen molar-refractivity contribution in [1.29, 1.82) is 0 Å². The van der Waals surface area contributed by atoms with Crippen molar-refractivity contribution in [2.24, 2.45) is 0 Å². The highest BCUT2D eigenvalue weighted by Gasteiger charge is 2.33. The molecule has 27 heavy (non-hydrogen) atoms. The lowest BCUT2D eigenvalue weighted by Crippen LogP contribution is -2.33. The molecule has 1 atom stereocenters. The molecule has 1 aliphatic heterocycles. The highest BCUT2D eigenvalue weighted by Crippen LogP contribution is 2.39. The van der Waals surface area contributed by atoms with Crippen LogP contribution >= 0.6 is 11.8 Å². The van der Waals surface area contributed by atoms with Gasteiger partial charge in [0.1, 0.15) is 16.5 Å². The SMILES string of the molecule is O=C(c1cc2ccccc2oc1=O)N1CCS[C@H]1c1cccc([N+](=O)[O-])c1. The number of rotatable bonds is 3. The van der Waals surface area contributed by atoms with Crippen LogP contribution in [0.5, 0.6) is 0 Å². The predicted molar refractivity (Wildman–Crippen MR) is 102 cm³/mol. The number of thioether (sulfide) groups is 1. The van der Waals surface area contributed by atoms with E-state index in [1.54, 1.807) is 41.3 Å². The number of nitro benzene ring substituents is 1. The number of hydrogen-bond acceptors (Lipinski definition) is 6. The summed E-state index contributed by atoms with van der Waals surface area (Å²) in [6.45, 7) is 0.448. The number of fused-ring (bicyclic) bond motifs is 1. The van der Waals surface area contributed by atoms with Crippen molar-refractivity contribution >= 4 is 34.3 Å². The number of nitrogens with zero attached hydrogens (tertiary/aromatic N) is 2. The molecule has 7 nitrogen and oxygen atoms in total. The summed E-state index contributed by atoms with van der Waals surface area (Å²) in [7, 11) is 0. The van der Waals surface area contributed by atoms with Gasteiger partial charge in [0.2, 0.25) is 0 Å². The van der Waals surface area contributed by atoms with Crippen LogP contribution in [-0.2, 0) is 0 Å². The molecule has 0 radical (unpaired) electrons. The standard InChI is InChI=1S/C19H14N2O5S/c22-17(15-11-12-4-1-2-7-16(12)26-19(15)23)20-8-9-27-18(20)13-5-3-6-14(10-13)21(24)25/h1-7,10-11,18H,8-9H2/t18-/m0/s1. The fourth-order valence-electron chi connectivity index (χ4n) is 3.11. The molecule has 3 aromatic rings. The predicted octanol–water partition coefficient (Wildman–Crippen LogP) is 3.59. The average molecular weight is 382 g/mol. The van der Waals surface area contributed by atoms with Crippen LogP contribution < -0.4 is 5.63 Å². The van der Waals surface area contributed by atoms with Gasteiger partial charge in [0.05, 0.1) is 4.92 Å². The summed E-state index contributed by atoms with van der Waals surface area (Å²) in [5.74, 6) is 0.244. The van der Waals surface area contributed by atoms with E-state index in [0.717, 1.165) is 0 Å². The van der Waals surface area contributed by atoms with Gasteiger partial charge in [-0.25, -0.2) is 4.79 Å².